The first kappa shape index (κ1) is 24.6. The molecule has 0 aliphatic carbocycles. The number of rotatable bonds is 6. The molecule has 2 aromatic heterocycles. The van der Waals surface area contributed by atoms with Gasteiger partial charge in [0.1, 0.15) is 22.9 Å². The van der Waals surface area contributed by atoms with Crippen molar-refractivity contribution in [1.29, 1.82) is 0 Å². The number of nitrogens with zero attached hydrogens (tertiary/aromatic N) is 2. The first-order chi connectivity index (χ1) is 17.3. The summed E-state index contributed by atoms with van der Waals surface area (Å²) < 4.78 is 19.2. The van der Waals surface area contributed by atoms with E-state index in [-0.39, 0.29) is 23.8 Å². The number of aryl methyl sites for hydroxylation is 2. The zero-order valence-electron chi connectivity index (χ0n) is 20.6. The van der Waals surface area contributed by atoms with E-state index >= 15 is 0 Å². The predicted octanol–water partition coefficient (Wildman–Crippen LogP) is 5.98. The number of nitrogens with one attached hydrogen (secondary N) is 1. The Morgan fingerprint density at radius 3 is 2.81 bits per heavy atom. The fourth-order valence-electron chi connectivity index (χ4n) is 5.21. The van der Waals surface area contributed by atoms with E-state index in [0.29, 0.717) is 23.4 Å². The lowest BCUT2D eigenvalue weighted by molar-refractivity contribution is -0.0717. The van der Waals surface area contributed by atoms with Gasteiger partial charge in [0.2, 0.25) is 0 Å². The van der Waals surface area contributed by atoms with Crippen molar-refractivity contribution in [3.05, 3.63) is 76.4 Å². The number of furan rings is 1. The van der Waals surface area contributed by atoms with Gasteiger partial charge in [0.15, 0.2) is 6.23 Å². The normalized spacial score (nSPS) is 19.5. The molecule has 5 rings (SSSR count). The van der Waals surface area contributed by atoms with Crippen LogP contribution in [0.3, 0.4) is 0 Å². The number of benzene rings is 2. The highest BCUT2D eigenvalue weighted by Gasteiger charge is 2.36. The summed E-state index contributed by atoms with van der Waals surface area (Å²) in [5.74, 6) is 0.297. The lowest BCUT2D eigenvalue weighted by Gasteiger charge is -2.43. The minimum atomic E-state index is -0.938. The second-order valence-electron chi connectivity index (χ2n) is 9.49. The molecule has 1 saturated heterocycles. The molecule has 1 aliphatic rings. The number of aromatic nitrogens is 1. The van der Waals surface area contributed by atoms with Gasteiger partial charge in [-0.1, -0.05) is 24.6 Å². The average Bonchev–Trinajstić information content (AvgIpc) is 3.44. The molecular weight excluding hydrogens is 477 g/mol. The molecule has 8 heteroatoms. The molecule has 3 atom stereocenters. The van der Waals surface area contributed by atoms with Crippen LogP contribution in [-0.4, -0.2) is 39.5 Å². The van der Waals surface area contributed by atoms with Crippen molar-refractivity contribution in [1.82, 2.24) is 15.2 Å². The van der Waals surface area contributed by atoms with Crippen LogP contribution < -0.4 is 5.32 Å². The van der Waals surface area contributed by atoms with Crippen molar-refractivity contribution in [2.75, 3.05) is 6.54 Å². The lowest BCUT2D eigenvalue weighted by atomic mass is 9.95. The Kier molecular flexibility index (Phi) is 6.92. The van der Waals surface area contributed by atoms with Crippen LogP contribution in [0.5, 0.6) is 0 Å². The summed E-state index contributed by atoms with van der Waals surface area (Å²) in [5.41, 5.74) is 2.67. The summed E-state index contributed by atoms with van der Waals surface area (Å²) in [6.07, 6.45) is 1.88. The zero-order valence-corrected chi connectivity index (χ0v) is 21.4. The quantitative estimate of drug-likeness (QED) is 0.336. The number of hydrogen-bond donors (Lipinski definition) is 2. The van der Waals surface area contributed by atoms with E-state index in [0.717, 1.165) is 45.9 Å². The fourth-order valence-corrected chi connectivity index (χ4v) is 6.16. The Morgan fingerprint density at radius 1 is 1.25 bits per heavy atom. The second kappa shape index (κ2) is 10.1. The molecule has 0 bridgehead atoms. The highest BCUT2D eigenvalue weighted by Crippen LogP contribution is 2.38. The number of halogens is 1. The maximum Gasteiger partial charge on any atom is 0.252 e. The van der Waals surface area contributed by atoms with E-state index in [1.807, 2.05) is 32.0 Å². The number of piperidine rings is 1. The zero-order chi connectivity index (χ0) is 25.4. The van der Waals surface area contributed by atoms with Gasteiger partial charge < -0.3 is 14.8 Å². The van der Waals surface area contributed by atoms with Crippen molar-refractivity contribution >= 4 is 28.2 Å². The average molecular weight is 508 g/mol. The highest BCUT2D eigenvalue weighted by molar-refractivity contribution is 7.15. The molecule has 3 unspecified atom stereocenters. The maximum absolute atomic E-state index is 13.5. The van der Waals surface area contributed by atoms with E-state index in [1.165, 1.54) is 23.5 Å². The third-order valence-corrected chi connectivity index (χ3v) is 7.95. The number of fused-ring (bicyclic) bond motifs is 1. The number of carbonyl (C=O) groups excluding carboxylic acids is 1. The Hall–Kier alpha value is -3.07. The monoisotopic (exact) mass is 507 g/mol. The molecule has 0 saturated carbocycles. The largest absolute Gasteiger partial charge is 0.461 e. The van der Waals surface area contributed by atoms with Crippen molar-refractivity contribution in [2.24, 2.45) is 0 Å². The van der Waals surface area contributed by atoms with Gasteiger partial charge in [-0.15, -0.1) is 11.3 Å². The van der Waals surface area contributed by atoms with Crippen LogP contribution in [-0.2, 0) is 0 Å². The standard InChI is InChI=1S/C28H30FN3O3S/c1-16-6-4-7-21(15-30-27(33)22-8-5-9-24-23(22)14-17(2)35-24)32(16)28(34)25-26(36-18(3)31-25)19-10-12-20(29)13-11-19/h5,8-14,16,21,28,34H,4,6-7,15H2,1-3H3,(H,30,33). The number of thiazole rings is 1. The minimum Gasteiger partial charge on any atom is -0.461 e. The van der Waals surface area contributed by atoms with Crippen LogP contribution in [0, 0.1) is 19.7 Å². The number of aliphatic hydroxyl groups excluding tert-OH is 1. The molecule has 3 heterocycles. The third kappa shape index (κ3) is 4.81. The molecule has 2 N–H and O–H groups in total. The molecule has 1 fully saturated rings. The SMILES string of the molecule is Cc1cc2c(C(=O)NCC3CCCC(C)N3C(O)c3nc(C)sc3-c3ccc(F)cc3)cccc2o1. The molecule has 1 amide bonds. The summed E-state index contributed by atoms with van der Waals surface area (Å²) in [6.45, 7) is 6.28. The molecule has 0 spiro atoms. The highest BCUT2D eigenvalue weighted by atomic mass is 32.1. The lowest BCUT2D eigenvalue weighted by Crippen LogP contribution is -2.52. The number of amides is 1. The molecular formula is C28H30FN3O3S. The molecule has 1 aliphatic heterocycles. The Bertz CT molecular complexity index is 1380. The second-order valence-corrected chi connectivity index (χ2v) is 10.7. The van der Waals surface area contributed by atoms with Gasteiger partial charge in [0.05, 0.1) is 15.4 Å². The van der Waals surface area contributed by atoms with Crippen LogP contribution in [0.2, 0.25) is 0 Å². The van der Waals surface area contributed by atoms with Gasteiger partial charge in [0.25, 0.3) is 5.91 Å². The molecule has 2 aromatic carbocycles. The molecule has 6 nitrogen and oxygen atoms in total. The van der Waals surface area contributed by atoms with Gasteiger partial charge in [0, 0.05) is 24.0 Å². The maximum atomic E-state index is 13.5. The number of hydrogen-bond acceptors (Lipinski definition) is 6. The van der Waals surface area contributed by atoms with Gasteiger partial charge in [-0.3, -0.25) is 9.69 Å². The first-order valence-electron chi connectivity index (χ1n) is 12.3. The van der Waals surface area contributed by atoms with Crippen molar-refractivity contribution in [2.45, 2.75) is 58.3 Å². The van der Waals surface area contributed by atoms with E-state index in [2.05, 4.69) is 22.1 Å². The summed E-state index contributed by atoms with van der Waals surface area (Å²) in [7, 11) is 0. The van der Waals surface area contributed by atoms with Crippen LogP contribution in [0.25, 0.3) is 21.4 Å². The smallest absolute Gasteiger partial charge is 0.252 e. The van der Waals surface area contributed by atoms with Gasteiger partial charge >= 0.3 is 0 Å². The van der Waals surface area contributed by atoms with Crippen LogP contribution in [0.1, 0.15) is 59.2 Å². The first-order valence-corrected chi connectivity index (χ1v) is 13.1. The Labute approximate surface area is 213 Å². The topological polar surface area (TPSA) is 78.6 Å². The predicted molar refractivity (Wildman–Crippen MR) is 139 cm³/mol. The van der Waals surface area contributed by atoms with Crippen molar-refractivity contribution in [3.8, 4) is 10.4 Å². The summed E-state index contributed by atoms with van der Waals surface area (Å²) in [6, 6.07) is 13.7. The van der Waals surface area contributed by atoms with Crippen molar-refractivity contribution in [3.63, 3.8) is 0 Å². The number of likely N-dealkylation sites (tertiary alicyclic amines) is 1. The summed E-state index contributed by atoms with van der Waals surface area (Å²) in [4.78, 5) is 20.7. The van der Waals surface area contributed by atoms with Crippen LogP contribution in [0.4, 0.5) is 4.39 Å². The number of aliphatic hydroxyl groups is 1. The summed E-state index contributed by atoms with van der Waals surface area (Å²) >= 11 is 1.49. The summed E-state index contributed by atoms with van der Waals surface area (Å²) in [5, 5.41) is 16.3. The van der Waals surface area contributed by atoms with Gasteiger partial charge in [-0.05, 0) is 69.5 Å². The van der Waals surface area contributed by atoms with E-state index in [9.17, 15) is 14.3 Å². The Morgan fingerprint density at radius 2 is 2.03 bits per heavy atom. The van der Waals surface area contributed by atoms with Crippen LogP contribution >= 0.6 is 11.3 Å². The van der Waals surface area contributed by atoms with E-state index < -0.39 is 6.23 Å². The van der Waals surface area contributed by atoms with Crippen molar-refractivity contribution < 1.29 is 18.7 Å². The Balaban J connectivity index is 1.38. The number of carbonyl (C=O) groups is 1. The van der Waals surface area contributed by atoms with E-state index in [4.69, 9.17) is 4.42 Å². The fraction of sp³-hybridized carbons (Fsp3) is 0.357. The van der Waals surface area contributed by atoms with Gasteiger partial charge in [-0.25, -0.2) is 9.37 Å². The van der Waals surface area contributed by atoms with E-state index in [1.54, 1.807) is 18.2 Å². The third-order valence-electron chi connectivity index (χ3n) is 6.91. The molecule has 0 radical (unpaired) electrons. The van der Waals surface area contributed by atoms with Gasteiger partial charge in [-0.2, -0.15) is 0 Å². The minimum absolute atomic E-state index is 0.0546. The van der Waals surface area contributed by atoms with Crippen LogP contribution in [0.15, 0.2) is 52.9 Å². The molecule has 36 heavy (non-hydrogen) atoms. The molecule has 188 valence electrons. The molecule has 4 aromatic rings.